The van der Waals surface area contributed by atoms with Crippen LogP contribution in [0.5, 0.6) is 0 Å². The lowest BCUT2D eigenvalue weighted by Crippen LogP contribution is -2.12. The molecule has 4 nitrogen and oxygen atoms in total. The lowest BCUT2D eigenvalue weighted by Gasteiger charge is -2.03. The highest BCUT2D eigenvalue weighted by Gasteiger charge is 2.21. The minimum atomic E-state index is -0.616. The number of carbonyl (C=O) groups is 1. The summed E-state index contributed by atoms with van der Waals surface area (Å²) >= 11 is 11.9. The van der Waals surface area contributed by atoms with Crippen molar-refractivity contribution in [2.45, 2.75) is 6.92 Å². The number of nitrogens with zero attached hydrogens (tertiary/aromatic N) is 1. The number of rotatable bonds is 2. The van der Waals surface area contributed by atoms with Crippen molar-refractivity contribution in [1.29, 1.82) is 0 Å². The van der Waals surface area contributed by atoms with Crippen LogP contribution in [0.15, 0.2) is 22.7 Å². The predicted octanol–water partition coefficient (Wildman–Crippen LogP) is 3.06. The number of primary amides is 1. The molecular formula is C11H8Cl2N2O2. The summed E-state index contributed by atoms with van der Waals surface area (Å²) in [5, 5.41) is 4.48. The molecule has 0 radical (unpaired) electrons. The second kappa shape index (κ2) is 4.39. The molecule has 17 heavy (non-hydrogen) atoms. The van der Waals surface area contributed by atoms with Gasteiger partial charge in [0.25, 0.3) is 5.91 Å². The van der Waals surface area contributed by atoms with Crippen molar-refractivity contribution >= 4 is 29.1 Å². The number of halogens is 2. The fourth-order valence-electron chi connectivity index (χ4n) is 1.53. The van der Waals surface area contributed by atoms with Crippen LogP contribution < -0.4 is 5.73 Å². The summed E-state index contributed by atoms with van der Waals surface area (Å²) in [5.41, 5.74) is 6.31. The van der Waals surface area contributed by atoms with E-state index in [0.29, 0.717) is 27.1 Å². The minimum Gasteiger partial charge on any atom is -0.365 e. The van der Waals surface area contributed by atoms with Gasteiger partial charge < -0.3 is 10.3 Å². The minimum absolute atomic E-state index is 0.217. The molecule has 0 aliphatic heterocycles. The third-order valence-electron chi connectivity index (χ3n) is 2.32. The Balaban J connectivity index is 2.69. The van der Waals surface area contributed by atoms with Gasteiger partial charge >= 0.3 is 0 Å². The molecule has 0 atom stereocenters. The van der Waals surface area contributed by atoms with Gasteiger partial charge in [0.1, 0.15) is 17.0 Å². The SMILES string of the molecule is Cc1onc(-c2cccc(Cl)c2Cl)c1C(N)=O. The number of carbonyl (C=O) groups excluding carboxylic acids is 1. The van der Waals surface area contributed by atoms with E-state index in [0.717, 1.165) is 0 Å². The number of nitrogens with two attached hydrogens (primary N) is 1. The second-order valence-corrected chi connectivity index (χ2v) is 4.21. The summed E-state index contributed by atoms with van der Waals surface area (Å²) in [6, 6.07) is 5.04. The first-order chi connectivity index (χ1) is 8.02. The standard InChI is InChI=1S/C11H8Cl2N2O2/c1-5-8(11(14)16)10(15-17-5)6-3-2-4-7(12)9(6)13/h2-4H,1H3,(H2,14,16). The van der Waals surface area contributed by atoms with Crippen LogP contribution in [0.4, 0.5) is 0 Å². The number of benzene rings is 1. The molecule has 0 saturated heterocycles. The van der Waals surface area contributed by atoms with Crippen LogP contribution in [0.25, 0.3) is 11.3 Å². The lowest BCUT2D eigenvalue weighted by molar-refractivity contribution is 0.0999. The van der Waals surface area contributed by atoms with Crippen molar-refractivity contribution in [3.8, 4) is 11.3 Å². The predicted molar refractivity (Wildman–Crippen MR) is 65.2 cm³/mol. The van der Waals surface area contributed by atoms with Gasteiger partial charge in [0, 0.05) is 5.56 Å². The van der Waals surface area contributed by atoms with E-state index < -0.39 is 5.91 Å². The van der Waals surface area contributed by atoms with Crippen LogP contribution in [-0.4, -0.2) is 11.1 Å². The van der Waals surface area contributed by atoms with Crippen LogP contribution in [0, 0.1) is 6.92 Å². The van der Waals surface area contributed by atoms with E-state index in [1.165, 1.54) is 0 Å². The fourth-order valence-corrected chi connectivity index (χ4v) is 1.92. The van der Waals surface area contributed by atoms with Gasteiger partial charge in [-0.15, -0.1) is 0 Å². The molecule has 0 spiro atoms. The van der Waals surface area contributed by atoms with Crippen LogP contribution in [0.1, 0.15) is 16.1 Å². The fraction of sp³-hybridized carbons (Fsp3) is 0.0909. The smallest absolute Gasteiger partial charge is 0.254 e. The van der Waals surface area contributed by atoms with E-state index in [-0.39, 0.29) is 5.56 Å². The first-order valence-corrected chi connectivity index (χ1v) is 5.48. The third-order valence-corrected chi connectivity index (χ3v) is 3.13. The number of amides is 1. The average molecular weight is 271 g/mol. The Morgan fingerprint density at radius 3 is 2.76 bits per heavy atom. The highest BCUT2D eigenvalue weighted by Crippen LogP contribution is 2.35. The summed E-state index contributed by atoms with van der Waals surface area (Å²) in [6.07, 6.45) is 0. The zero-order valence-electron chi connectivity index (χ0n) is 8.83. The number of hydrogen-bond donors (Lipinski definition) is 1. The molecule has 1 aromatic carbocycles. The van der Waals surface area contributed by atoms with Gasteiger partial charge in [-0.05, 0) is 13.0 Å². The summed E-state index contributed by atoms with van der Waals surface area (Å²) < 4.78 is 4.95. The van der Waals surface area contributed by atoms with Gasteiger partial charge in [-0.25, -0.2) is 0 Å². The van der Waals surface area contributed by atoms with Gasteiger partial charge in [-0.1, -0.05) is 40.5 Å². The Bertz CT molecular complexity index is 593. The molecule has 88 valence electrons. The Labute approximate surface area is 107 Å². The van der Waals surface area contributed by atoms with Crippen LogP contribution >= 0.6 is 23.2 Å². The van der Waals surface area contributed by atoms with Crippen LogP contribution in [0.3, 0.4) is 0 Å². The molecule has 0 fully saturated rings. The maximum Gasteiger partial charge on any atom is 0.254 e. The van der Waals surface area contributed by atoms with E-state index in [1.807, 2.05) is 0 Å². The molecule has 1 heterocycles. The molecule has 1 aromatic heterocycles. The van der Waals surface area contributed by atoms with Crippen molar-refractivity contribution < 1.29 is 9.32 Å². The van der Waals surface area contributed by atoms with E-state index >= 15 is 0 Å². The molecule has 0 unspecified atom stereocenters. The monoisotopic (exact) mass is 270 g/mol. The molecule has 0 bridgehead atoms. The number of aromatic nitrogens is 1. The summed E-state index contributed by atoms with van der Waals surface area (Å²) in [4.78, 5) is 11.3. The van der Waals surface area contributed by atoms with Crippen molar-refractivity contribution in [3.63, 3.8) is 0 Å². The molecule has 6 heteroatoms. The number of hydrogen-bond acceptors (Lipinski definition) is 3. The van der Waals surface area contributed by atoms with Gasteiger partial charge in [-0.3, -0.25) is 4.79 Å². The molecule has 0 saturated carbocycles. The summed E-state index contributed by atoms with van der Waals surface area (Å²) in [5.74, 6) is -0.265. The van der Waals surface area contributed by atoms with Crippen molar-refractivity contribution in [1.82, 2.24) is 5.16 Å². The zero-order chi connectivity index (χ0) is 12.6. The molecule has 0 aliphatic rings. The molecule has 0 aliphatic carbocycles. The van der Waals surface area contributed by atoms with Crippen LogP contribution in [-0.2, 0) is 0 Å². The molecule has 2 aromatic rings. The van der Waals surface area contributed by atoms with Crippen molar-refractivity contribution in [3.05, 3.63) is 39.6 Å². The summed E-state index contributed by atoms with van der Waals surface area (Å²) in [7, 11) is 0. The first-order valence-electron chi connectivity index (χ1n) is 4.73. The highest BCUT2D eigenvalue weighted by atomic mass is 35.5. The molecule has 2 rings (SSSR count). The number of aryl methyl sites for hydroxylation is 1. The molecular weight excluding hydrogens is 263 g/mol. The van der Waals surface area contributed by atoms with E-state index in [4.69, 9.17) is 33.5 Å². The Hall–Kier alpha value is -1.52. The van der Waals surface area contributed by atoms with E-state index in [9.17, 15) is 4.79 Å². The lowest BCUT2D eigenvalue weighted by atomic mass is 10.1. The first kappa shape index (κ1) is 12.0. The van der Waals surface area contributed by atoms with Crippen LogP contribution in [0.2, 0.25) is 10.0 Å². The van der Waals surface area contributed by atoms with Crippen molar-refractivity contribution in [2.75, 3.05) is 0 Å². The highest BCUT2D eigenvalue weighted by molar-refractivity contribution is 6.43. The molecule has 1 amide bonds. The van der Waals surface area contributed by atoms with E-state index in [1.54, 1.807) is 25.1 Å². The van der Waals surface area contributed by atoms with E-state index in [2.05, 4.69) is 5.16 Å². The normalized spacial score (nSPS) is 10.5. The average Bonchev–Trinajstić information content (AvgIpc) is 2.64. The Morgan fingerprint density at radius 2 is 2.12 bits per heavy atom. The van der Waals surface area contributed by atoms with Gasteiger partial charge in [0.05, 0.1) is 10.0 Å². The van der Waals surface area contributed by atoms with Gasteiger partial charge in [0.2, 0.25) is 0 Å². The molecule has 2 N–H and O–H groups in total. The zero-order valence-corrected chi connectivity index (χ0v) is 10.3. The van der Waals surface area contributed by atoms with Gasteiger partial charge in [0.15, 0.2) is 0 Å². The quantitative estimate of drug-likeness (QED) is 0.912. The second-order valence-electron chi connectivity index (χ2n) is 3.43. The Morgan fingerprint density at radius 1 is 1.41 bits per heavy atom. The maximum atomic E-state index is 11.3. The maximum absolute atomic E-state index is 11.3. The Kier molecular flexibility index (Phi) is 3.09. The largest absolute Gasteiger partial charge is 0.365 e. The topological polar surface area (TPSA) is 69.1 Å². The van der Waals surface area contributed by atoms with Gasteiger partial charge in [-0.2, -0.15) is 0 Å². The summed E-state index contributed by atoms with van der Waals surface area (Å²) in [6.45, 7) is 1.61. The third kappa shape index (κ3) is 2.01. The van der Waals surface area contributed by atoms with Crippen molar-refractivity contribution in [2.24, 2.45) is 5.73 Å².